The highest BCUT2D eigenvalue weighted by Gasteiger charge is 2.60. The van der Waals surface area contributed by atoms with Crippen LogP contribution in [0.4, 0.5) is 9.93 Å². The van der Waals surface area contributed by atoms with E-state index in [9.17, 15) is 14.4 Å². The number of hydrogen-bond donors (Lipinski definition) is 2. The number of likely N-dealkylation sites (tertiary alicyclic amines) is 1. The average molecular weight is 438 g/mol. The minimum Gasteiger partial charge on any atom is -0.317 e. The Morgan fingerprint density at radius 2 is 1.81 bits per heavy atom. The van der Waals surface area contributed by atoms with E-state index in [0.29, 0.717) is 11.6 Å². The van der Waals surface area contributed by atoms with Crippen molar-refractivity contribution in [2.24, 2.45) is 23.7 Å². The van der Waals surface area contributed by atoms with Crippen LogP contribution in [0.25, 0.3) is 0 Å². The first-order chi connectivity index (χ1) is 15.0. The van der Waals surface area contributed by atoms with Crippen LogP contribution >= 0.6 is 11.3 Å². The third-order valence-electron chi connectivity index (χ3n) is 6.38. The van der Waals surface area contributed by atoms with Crippen molar-refractivity contribution in [2.45, 2.75) is 32.4 Å². The van der Waals surface area contributed by atoms with Gasteiger partial charge in [-0.15, -0.1) is 10.2 Å². The molecule has 2 aromatic rings. The highest BCUT2D eigenvalue weighted by molar-refractivity contribution is 7.15. The highest BCUT2D eigenvalue weighted by atomic mass is 32.1. The molecule has 9 heteroatoms. The number of nitrogens with zero attached hydrogens (tertiary/aromatic N) is 3. The van der Waals surface area contributed by atoms with Gasteiger partial charge in [0.2, 0.25) is 16.9 Å². The van der Waals surface area contributed by atoms with Crippen molar-refractivity contribution in [2.75, 3.05) is 5.32 Å². The van der Waals surface area contributed by atoms with Crippen molar-refractivity contribution < 1.29 is 14.4 Å². The van der Waals surface area contributed by atoms with Gasteiger partial charge in [-0.1, -0.05) is 60.7 Å². The molecule has 5 rings (SSSR count). The second kappa shape index (κ2) is 7.88. The van der Waals surface area contributed by atoms with E-state index in [-0.39, 0.29) is 35.5 Å². The number of fused-ring (bicyclic) bond motifs is 5. The third-order valence-corrected chi connectivity index (χ3v) is 7.36. The molecular weight excluding hydrogens is 414 g/mol. The summed E-state index contributed by atoms with van der Waals surface area (Å²) in [6, 6.07) is 9.01. The lowest BCUT2D eigenvalue weighted by Gasteiger charge is -2.28. The number of amides is 4. The van der Waals surface area contributed by atoms with Gasteiger partial charge in [0, 0.05) is 6.42 Å². The maximum absolute atomic E-state index is 13.3. The topological polar surface area (TPSA) is 104 Å². The van der Waals surface area contributed by atoms with Crippen LogP contribution in [0.15, 0.2) is 42.5 Å². The molecule has 1 saturated carbocycles. The van der Waals surface area contributed by atoms with E-state index in [0.717, 1.165) is 23.4 Å². The molecule has 1 saturated heterocycles. The number of allylic oxidation sites excluding steroid dienone is 2. The number of urea groups is 1. The predicted octanol–water partition coefficient (Wildman–Crippen LogP) is 2.60. The van der Waals surface area contributed by atoms with Gasteiger partial charge in [-0.3, -0.25) is 19.8 Å². The van der Waals surface area contributed by atoms with Gasteiger partial charge in [0.25, 0.3) is 0 Å². The Hall–Kier alpha value is -3.07. The molecule has 4 amide bonds. The van der Waals surface area contributed by atoms with E-state index >= 15 is 0 Å². The monoisotopic (exact) mass is 437 g/mol. The standard InChI is InChI=1S/C22H23N5O3S/c1-2-16-25-26-22(31-16)24-21(30)23-15(10-12-6-4-3-5-7-12)27-19(28)17-13-8-9-14(11-13)18(17)20(27)29/h3-9,13-15,17-18H,2,10-11H2,1H3,(H2,23,24,26,30). The fourth-order valence-electron chi connectivity index (χ4n) is 5.01. The summed E-state index contributed by atoms with van der Waals surface area (Å²) in [7, 11) is 0. The lowest BCUT2D eigenvalue weighted by atomic mass is 9.85. The van der Waals surface area contributed by atoms with Crippen LogP contribution < -0.4 is 10.6 Å². The van der Waals surface area contributed by atoms with Gasteiger partial charge in [-0.05, 0) is 30.2 Å². The van der Waals surface area contributed by atoms with Crippen LogP contribution in [0.2, 0.25) is 0 Å². The van der Waals surface area contributed by atoms with Gasteiger partial charge >= 0.3 is 6.03 Å². The van der Waals surface area contributed by atoms with Crippen molar-refractivity contribution in [3.8, 4) is 0 Å². The molecule has 31 heavy (non-hydrogen) atoms. The number of rotatable bonds is 6. The molecule has 1 aromatic heterocycles. The summed E-state index contributed by atoms with van der Waals surface area (Å²) < 4.78 is 0. The smallest absolute Gasteiger partial charge is 0.317 e. The molecule has 2 heterocycles. The first-order valence-electron chi connectivity index (χ1n) is 10.5. The second-order valence-corrected chi connectivity index (χ2v) is 9.27. The molecule has 0 radical (unpaired) electrons. The van der Waals surface area contributed by atoms with E-state index < -0.39 is 12.2 Å². The van der Waals surface area contributed by atoms with Gasteiger partial charge in [0.15, 0.2) is 0 Å². The number of anilines is 1. The van der Waals surface area contributed by atoms with E-state index in [1.807, 2.05) is 37.3 Å². The van der Waals surface area contributed by atoms with Gasteiger partial charge in [0.05, 0.1) is 11.8 Å². The van der Waals surface area contributed by atoms with Crippen LogP contribution in [0.5, 0.6) is 0 Å². The van der Waals surface area contributed by atoms with E-state index in [4.69, 9.17) is 0 Å². The molecule has 2 bridgehead atoms. The van der Waals surface area contributed by atoms with E-state index in [1.165, 1.54) is 16.2 Å². The molecule has 0 spiro atoms. The summed E-state index contributed by atoms with van der Waals surface area (Å²) in [5, 5.41) is 14.7. The zero-order chi connectivity index (χ0) is 21.5. The maximum atomic E-state index is 13.3. The quantitative estimate of drug-likeness (QED) is 0.534. The molecule has 5 unspecified atom stereocenters. The molecule has 1 aromatic carbocycles. The Balaban J connectivity index is 1.37. The van der Waals surface area contributed by atoms with Crippen molar-refractivity contribution in [1.82, 2.24) is 20.4 Å². The summed E-state index contributed by atoms with van der Waals surface area (Å²) in [6.45, 7) is 1.96. The van der Waals surface area contributed by atoms with Crippen LogP contribution in [0.3, 0.4) is 0 Å². The van der Waals surface area contributed by atoms with E-state index in [1.54, 1.807) is 0 Å². The number of hydrogen-bond acceptors (Lipinski definition) is 6. The Morgan fingerprint density at radius 3 is 2.42 bits per heavy atom. The summed E-state index contributed by atoms with van der Waals surface area (Å²) in [5.41, 5.74) is 0.927. The summed E-state index contributed by atoms with van der Waals surface area (Å²) in [5.74, 6) is -0.732. The number of nitrogens with one attached hydrogen (secondary N) is 2. The molecule has 3 aliphatic rings. The van der Waals surface area contributed by atoms with Crippen LogP contribution in [-0.4, -0.2) is 39.1 Å². The predicted molar refractivity (Wildman–Crippen MR) is 115 cm³/mol. The Kier molecular flexibility index (Phi) is 5.05. The van der Waals surface area contributed by atoms with Crippen LogP contribution in [0, 0.1) is 23.7 Å². The number of aryl methyl sites for hydroxylation is 1. The van der Waals surface area contributed by atoms with Crippen molar-refractivity contribution >= 4 is 34.3 Å². The van der Waals surface area contributed by atoms with Crippen LogP contribution in [-0.2, 0) is 22.4 Å². The SMILES string of the molecule is CCc1nnc(NC(=O)NC(Cc2ccccc2)N2C(=O)C3C4C=CC(C4)C3C2=O)s1. The number of carbonyl (C=O) groups excluding carboxylic acids is 3. The highest BCUT2D eigenvalue weighted by Crippen LogP contribution is 2.52. The number of benzene rings is 1. The molecule has 160 valence electrons. The average Bonchev–Trinajstić information content (AvgIpc) is 3.53. The van der Waals surface area contributed by atoms with Crippen molar-refractivity contribution in [3.05, 3.63) is 53.1 Å². The molecule has 2 N–H and O–H groups in total. The van der Waals surface area contributed by atoms with Gasteiger partial charge < -0.3 is 5.32 Å². The molecule has 2 aliphatic carbocycles. The zero-order valence-electron chi connectivity index (χ0n) is 17.0. The van der Waals surface area contributed by atoms with Crippen molar-refractivity contribution in [3.63, 3.8) is 0 Å². The lowest BCUT2D eigenvalue weighted by molar-refractivity contribution is -0.143. The first kappa shape index (κ1) is 19.9. The second-order valence-electron chi connectivity index (χ2n) is 8.20. The third kappa shape index (κ3) is 3.52. The molecular formula is C22H23N5O3S. The minimum atomic E-state index is -0.772. The van der Waals surface area contributed by atoms with Gasteiger partial charge in [-0.25, -0.2) is 4.79 Å². The summed E-state index contributed by atoms with van der Waals surface area (Å²) in [6.07, 6.45) is 5.29. The Morgan fingerprint density at radius 1 is 1.13 bits per heavy atom. The Bertz CT molecular complexity index is 1020. The summed E-state index contributed by atoms with van der Waals surface area (Å²) in [4.78, 5) is 40.6. The number of imide groups is 1. The fourth-order valence-corrected chi connectivity index (χ4v) is 5.68. The molecule has 8 nitrogen and oxygen atoms in total. The fraction of sp³-hybridized carbons (Fsp3) is 0.409. The number of carbonyl (C=O) groups is 3. The largest absolute Gasteiger partial charge is 0.322 e. The summed E-state index contributed by atoms with van der Waals surface area (Å²) >= 11 is 1.30. The minimum absolute atomic E-state index is 0.122. The van der Waals surface area contributed by atoms with Gasteiger partial charge in [-0.2, -0.15) is 0 Å². The number of aromatic nitrogens is 2. The lowest BCUT2D eigenvalue weighted by Crippen LogP contribution is -2.53. The molecule has 1 aliphatic heterocycles. The molecule has 2 fully saturated rings. The zero-order valence-corrected chi connectivity index (χ0v) is 17.8. The van der Waals surface area contributed by atoms with Gasteiger partial charge in [0.1, 0.15) is 11.2 Å². The molecule has 5 atom stereocenters. The van der Waals surface area contributed by atoms with E-state index in [2.05, 4.69) is 33.0 Å². The maximum Gasteiger partial charge on any atom is 0.322 e. The first-order valence-corrected chi connectivity index (χ1v) is 11.4. The van der Waals surface area contributed by atoms with Crippen molar-refractivity contribution in [1.29, 1.82) is 0 Å². The normalized spacial score (nSPS) is 26.9. The van der Waals surface area contributed by atoms with Crippen LogP contribution in [0.1, 0.15) is 23.9 Å². The Labute approximate surface area is 183 Å².